The van der Waals surface area contributed by atoms with Crippen LogP contribution < -0.4 is 11.5 Å². The summed E-state index contributed by atoms with van der Waals surface area (Å²) in [6.07, 6.45) is 5.87. The Balaban J connectivity index is 2.20. The standard InChI is InChI=1S/C10H19N5/c1-15-10(12)13-9(14-15)7-5-3-2-4-6-8(7)11/h7-8H,2-6,11H2,1H3,(H2,12,13,14). The molecule has 15 heavy (non-hydrogen) atoms. The van der Waals surface area contributed by atoms with Crippen molar-refractivity contribution in [1.29, 1.82) is 0 Å². The van der Waals surface area contributed by atoms with Gasteiger partial charge >= 0.3 is 0 Å². The number of aromatic nitrogens is 3. The van der Waals surface area contributed by atoms with Crippen molar-refractivity contribution in [3.8, 4) is 0 Å². The van der Waals surface area contributed by atoms with Gasteiger partial charge < -0.3 is 11.5 Å². The van der Waals surface area contributed by atoms with Crippen LogP contribution in [0.5, 0.6) is 0 Å². The summed E-state index contributed by atoms with van der Waals surface area (Å²) in [4.78, 5) is 4.28. The van der Waals surface area contributed by atoms with E-state index in [0.29, 0.717) is 5.95 Å². The third-order valence-electron chi connectivity index (χ3n) is 3.21. The first kappa shape index (κ1) is 10.4. The molecule has 2 atom stereocenters. The number of hydrogen-bond donors (Lipinski definition) is 2. The Labute approximate surface area is 89.9 Å². The zero-order valence-electron chi connectivity index (χ0n) is 9.19. The van der Waals surface area contributed by atoms with Gasteiger partial charge in [-0.25, -0.2) is 4.68 Å². The van der Waals surface area contributed by atoms with Gasteiger partial charge in [-0.2, -0.15) is 10.1 Å². The molecule has 0 aromatic carbocycles. The highest BCUT2D eigenvalue weighted by Gasteiger charge is 2.25. The van der Waals surface area contributed by atoms with Crippen LogP contribution in [0.4, 0.5) is 5.95 Å². The second-order valence-corrected chi connectivity index (χ2v) is 4.36. The topological polar surface area (TPSA) is 82.8 Å². The molecule has 5 heteroatoms. The maximum atomic E-state index is 6.14. The Bertz CT molecular complexity index is 313. The van der Waals surface area contributed by atoms with E-state index in [1.807, 2.05) is 7.05 Å². The Kier molecular flexibility index (Phi) is 2.90. The minimum absolute atomic E-state index is 0.189. The van der Waals surface area contributed by atoms with Crippen LogP contribution in [-0.4, -0.2) is 20.8 Å². The second kappa shape index (κ2) is 4.18. The molecule has 2 rings (SSSR count). The van der Waals surface area contributed by atoms with Gasteiger partial charge in [0.1, 0.15) is 0 Å². The van der Waals surface area contributed by atoms with E-state index in [2.05, 4.69) is 10.1 Å². The van der Waals surface area contributed by atoms with Gasteiger partial charge in [-0.1, -0.05) is 19.3 Å². The quantitative estimate of drug-likeness (QED) is 0.669. The first-order valence-electron chi connectivity index (χ1n) is 5.60. The lowest BCUT2D eigenvalue weighted by molar-refractivity contribution is 0.481. The van der Waals surface area contributed by atoms with Crippen molar-refractivity contribution in [2.45, 2.75) is 44.1 Å². The van der Waals surface area contributed by atoms with Crippen molar-refractivity contribution >= 4 is 5.95 Å². The highest BCUT2D eigenvalue weighted by molar-refractivity contribution is 5.18. The van der Waals surface area contributed by atoms with Gasteiger partial charge in [-0.15, -0.1) is 0 Å². The summed E-state index contributed by atoms with van der Waals surface area (Å²) < 4.78 is 1.62. The number of hydrogen-bond acceptors (Lipinski definition) is 4. The summed E-state index contributed by atoms with van der Waals surface area (Å²) in [5, 5.41) is 4.33. The van der Waals surface area contributed by atoms with Crippen LogP contribution in [0.15, 0.2) is 0 Å². The van der Waals surface area contributed by atoms with Crippen LogP contribution in [0.1, 0.15) is 43.8 Å². The molecule has 0 radical (unpaired) electrons. The normalized spacial score (nSPS) is 27.6. The fraction of sp³-hybridized carbons (Fsp3) is 0.800. The molecule has 1 aliphatic rings. The van der Waals surface area contributed by atoms with Gasteiger partial charge in [-0.3, -0.25) is 0 Å². The highest BCUT2D eigenvalue weighted by Crippen LogP contribution is 2.29. The molecule has 0 aliphatic heterocycles. The first-order chi connectivity index (χ1) is 7.18. The Hall–Kier alpha value is -1.10. The van der Waals surface area contributed by atoms with Crippen LogP contribution in [-0.2, 0) is 7.05 Å². The van der Waals surface area contributed by atoms with Crippen molar-refractivity contribution in [3.05, 3.63) is 5.82 Å². The number of nitrogen functional groups attached to an aromatic ring is 1. The monoisotopic (exact) mass is 209 g/mol. The van der Waals surface area contributed by atoms with Crippen LogP contribution >= 0.6 is 0 Å². The third-order valence-corrected chi connectivity index (χ3v) is 3.21. The van der Waals surface area contributed by atoms with E-state index >= 15 is 0 Å². The van der Waals surface area contributed by atoms with E-state index in [-0.39, 0.29) is 12.0 Å². The Morgan fingerprint density at radius 2 is 2.00 bits per heavy atom. The number of aryl methyl sites for hydroxylation is 1. The summed E-state index contributed by atoms with van der Waals surface area (Å²) in [5.41, 5.74) is 11.8. The molecule has 0 bridgehead atoms. The molecule has 1 saturated carbocycles. The minimum Gasteiger partial charge on any atom is -0.368 e. The van der Waals surface area contributed by atoms with Crippen molar-refractivity contribution in [2.75, 3.05) is 5.73 Å². The Morgan fingerprint density at radius 1 is 1.27 bits per heavy atom. The third kappa shape index (κ3) is 2.12. The van der Waals surface area contributed by atoms with E-state index < -0.39 is 0 Å². The smallest absolute Gasteiger partial charge is 0.218 e. The average Bonchev–Trinajstić information content (AvgIpc) is 2.41. The molecule has 84 valence electrons. The number of nitrogens with two attached hydrogens (primary N) is 2. The lowest BCUT2D eigenvalue weighted by Crippen LogP contribution is -2.28. The van der Waals surface area contributed by atoms with E-state index in [1.165, 1.54) is 19.3 Å². The van der Waals surface area contributed by atoms with Crippen LogP contribution in [0.2, 0.25) is 0 Å². The van der Waals surface area contributed by atoms with Crippen LogP contribution in [0.3, 0.4) is 0 Å². The molecule has 1 fully saturated rings. The van der Waals surface area contributed by atoms with Crippen molar-refractivity contribution in [2.24, 2.45) is 12.8 Å². The lowest BCUT2D eigenvalue weighted by Gasteiger charge is -2.17. The predicted octanol–water partition coefficient (Wildman–Crippen LogP) is 0.772. The molecular formula is C10H19N5. The largest absolute Gasteiger partial charge is 0.368 e. The average molecular weight is 209 g/mol. The molecule has 1 aliphatic carbocycles. The zero-order valence-corrected chi connectivity index (χ0v) is 9.19. The van der Waals surface area contributed by atoms with Crippen molar-refractivity contribution in [1.82, 2.24) is 14.8 Å². The van der Waals surface area contributed by atoms with Gasteiger partial charge in [0.25, 0.3) is 0 Å². The summed E-state index contributed by atoms with van der Waals surface area (Å²) in [6.45, 7) is 0. The molecule has 5 nitrogen and oxygen atoms in total. The molecule has 1 aromatic rings. The Morgan fingerprint density at radius 3 is 2.67 bits per heavy atom. The van der Waals surface area contributed by atoms with E-state index in [1.54, 1.807) is 4.68 Å². The lowest BCUT2D eigenvalue weighted by atomic mass is 9.95. The molecule has 1 heterocycles. The minimum atomic E-state index is 0.189. The molecule has 4 N–H and O–H groups in total. The van der Waals surface area contributed by atoms with Gasteiger partial charge in [-0.05, 0) is 12.8 Å². The van der Waals surface area contributed by atoms with E-state index in [4.69, 9.17) is 11.5 Å². The molecular weight excluding hydrogens is 190 g/mol. The van der Waals surface area contributed by atoms with Gasteiger partial charge in [0.05, 0.1) is 0 Å². The number of rotatable bonds is 1. The molecule has 0 saturated heterocycles. The van der Waals surface area contributed by atoms with Crippen molar-refractivity contribution < 1.29 is 0 Å². The maximum Gasteiger partial charge on any atom is 0.218 e. The maximum absolute atomic E-state index is 6.14. The van der Waals surface area contributed by atoms with Crippen LogP contribution in [0, 0.1) is 0 Å². The molecule has 0 spiro atoms. The fourth-order valence-electron chi connectivity index (χ4n) is 2.23. The summed E-state index contributed by atoms with van der Waals surface area (Å²) >= 11 is 0. The molecule has 1 aromatic heterocycles. The summed E-state index contributed by atoms with van der Waals surface area (Å²) in [5.74, 6) is 1.59. The van der Waals surface area contributed by atoms with E-state index in [0.717, 1.165) is 18.7 Å². The fourth-order valence-corrected chi connectivity index (χ4v) is 2.23. The SMILES string of the molecule is Cn1nc(C2CCCCCC2N)nc1N. The molecule has 0 amide bonds. The first-order valence-corrected chi connectivity index (χ1v) is 5.60. The van der Waals surface area contributed by atoms with E-state index in [9.17, 15) is 0 Å². The summed E-state index contributed by atoms with van der Waals surface area (Å²) in [7, 11) is 1.81. The van der Waals surface area contributed by atoms with Gasteiger partial charge in [0.15, 0.2) is 5.82 Å². The van der Waals surface area contributed by atoms with Gasteiger partial charge in [0.2, 0.25) is 5.95 Å². The predicted molar refractivity (Wildman–Crippen MR) is 59.2 cm³/mol. The van der Waals surface area contributed by atoms with Crippen molar-refractivity contribution in [3.63, 3.8) is 0 Å². The second-order valence-electron chi connectivity index (χ2n) is 4.36. The number of anilines is 1. The van der Waals surface area contributed by atoms with Crippen LogP contribution in [0.25, 0.3) is 0 Å². The summed E-state index contributed by atoms with van der Waals surface area (Å²) in [6, 6.07) is 0.189. The van der Waals surface area contributed by atoms with Gasteiger partial charge in [0, 0.05) is 19.0 Å². The molecule has 2 unspecified atom stereocenters. The number of nitrogens with zero attached hydrogens (tertiary/aromatic N) is 3. The highest BCUT2D eigenvalue weighted by atomic mass is 15.4. The zero-order chi connectivity index (χ0) is 10.8.